The predicted molar refractivity (Wildman–Crippen MR) is 132 cm³/mol. The zero-order valence-electron chi connectivity index (χ0n) is 18.7. The molecular weight excluding hydrogens is 456 g/mol. The number of nitrogens with one attached hydrogen (secondary N) is 1. The van der Waals surface area contributed by atoms with Crippen molar-refractivity contribution in [2.24, 2.45) is 0 Å². The molecule has 0 radical (unpaired) electrons. The van der Waals surface area contributed by atoms with Gasteiger partial charge in [0, 0.05) is 5.02 Å². The van der Waals surface area contributed by atoms with Crippen molar-refractivity contribution in [3.05, 3.63) is 94.0 Å². The summed E-state index contributed by atoms with van der Waals surface area (Å²) >= 11 is 6.20. The second-order valence-corrected chi connectivity index (χ2v) is 10.8. The quantitative estimate of drug-likeness (QED) is 0.515. The van der Waals surface area contributed by atoms with Gasteiger partial charge < -0.3 is 5.32 Å². The van der Waals surface area contributed by atoms with Gasteiger partial charge in [-0.05, 0) is 74.1 Å². The molecule has 0 fully saturated rings. The Morgan fingerprint density at radius 3 is 2.55 bits per heavy atom. The Morgan fingerprint density at radius 1 is 1.06 bits per heavy atom. The van der Waals surface area contributed by atoms with E-state index < -0.39 is 10.0 Å². The van der Waals surface area contributed by atoms with E-state index in [9.17, 15) is 13.2 Å². The fourth-order valence-electron chi connectivity index (χ4n) is 4.26. The van der Waals surface area contributed by atoms with Gasteiger partial charge in [0.15, 0.2) is 0 Å². The Labute approximate surface area is 200 Å². The van der Waals surface area contributed by atoms with Gasteiger partial charge in [0.25, 0.3) is 10.0 Å². The Balaban J connectivity index is 1.66. The first-order valence-electron chi connectivity index (χ1n) is 11.0. The van der Waals surface area contributed by atoms with E-state index in [2.05, 4.69) is 11.4 Å². The largest absolute Gasteiger partial charge is 0.348 e. The molecule has 0 unspecified atom stereocenters. The minimum absolute atomic E-state index is 0.128. The van der Waals surface area contributed by atoms with Crippen molar-refractivity contribution in [1.29, 1.82) is 0 Å². The SMILES string of the molecule is Cc1ccc(S(=O)(=O)N(CC(=O)N[C@@H]2CCCc3ccccc32)c2cc(Cl)ccc2C)cc1. The van der Waals surface area contributed by atoms with Gasteiger partial charge in [-0.2, -0.15) is 0 Å². The van der Waals surface area contributed by atoms with Gasteiger partial charge in [-0.1, -0.05) is 59.6 Å². The van der Waals surface area contributed by atoms with E-state index in [0.717, 1.165) is 34.7 Å². The Hall–Kier alpha value is -2.83. The molecule has 4 rings (SSSR count). The van der Waals surface area contributed by atoms with Gasteiger partial charge in [0.2, 0.25) is 5.91 Å². The zero-order chi connectivity index (χ0) is 23.6. The summed E-state index contributed by atoms with van der Waals surface area (Å²) in [4.78, 5) is 13.3. The van der Waals surface area contributed by atoms with Crippen molar-refractivity contribution in [2.75, 3.05) is 10.8 Å². The van der Waals surface area contributed by atoms with Crippen LogP contribution in [0.3, 0.4) is 0 Å². The van der Waals surface area contributed by atoms with Crippen LogP contribution in [0, 0.1) is 13.8 Å². The number of amides is 1. The van der Waals surface area contributed by atoms with Crippen LogP contribution in [-0.4, -0.2) is 20.9 Å². The van der Waals surface area contributed by atoms with Gasteiger partial charge in [-0.15, -0.1) is 0 Å². The predicted octanol–water partition coefficient (Wildman–Crippen LogP) is 5.35. The summed E-state index contributed by atoms with van der Waals surface area (Å²) in [5.41, 5.74) is 4.38. The molecule has 0 heterocycles. The highest BCUT2D eigenvalue weighted by molar-refractivity contribution is 7.92. The number of hydrogen-bond donors (Lipinski definition) is 1. The van der Waals surface area contributed by atoms with Crippen LogP contribution in [-0.2, 0) is 21.2 Å². The molecule has 0 saturated heterocycles. The second-order valence-electron chi connectivity index (χ2n) is 8.47. The van der Waals surface area contributed by atoms with Gasteiger partial charge >= 0.3 is 0 Å². The number of anilines is 1. The van der Waals surface area contributed by atoms with Crippen LogP contribution < -0.4 is 9.62 Å². The van der Waals surface area contributed by atoms with Gasteiger partial charge in [-0.3, -0.25) is 9.10 Å². The first-order valence-corrected chi connectivity index (χ1v) is 12.8. The van der Waals surface area contributed by atoms with Gasteiger partial charge in [-0.25, -0.2) is 8.42 Å². The summed E-state index contributed by atoms with van der Waals surface area (Å²) in [6, 6.07) is 19.6. The minimum Gasteiger partial charge on any atom is -0.348 e. The summed E-state index contributed by atoms with van der Waals surface area (Å²) in [6.45, 7) is 3.36. The fraction of sp³-hybridized carbons (Fsp3) is 0.269. The number of carbonyl (C=O) groups is 1. The Kier molecular flexibility index (Phi) is 6.77. The third kappa shape index (κ3) is 5.07. The number of carbonyl (C=O) groups excluding carboxylic acids is 1. The molecule has 3 aromatic carbocycles. The average molecular weight is 483 g/mol. The maximum absolute atomic E-state index is 13.6. The van der Waals surface area contributed by atoms with Crippen LogP contribution in [0.4, 0.5) is 5.69 Å². The number of rotatable bonds is 6. The standard InChI is InChI=1S/C26H27ClN2O3S/c1-18-10-14-22(15-11-18)33(31,32)29(25-16-21(27)13-12-19(25)2)17-26(30)28-24-9-5-7-20-6-3-4-8-23(20)24/h3-4,6,8,10-16,24H,5,7,9,17H2,1-2H3,(H,28,30)/t24-/m1/s1. The molecule has 3 aromatic rings. The molecule has 1 aliphatic carbocycles. The molecule has 1 N–H and O–H groups in total. The molecule has 33 heavy (non-hydrogen) atoms. The summed E-state index contributed by atoms with van der Waals surface area (Å²) in [7, 11) is -3.99. The van der Waals surface area contributed by atoms with Crippen molar-refractivity contribution in [1.82, 2.24) is 5.32 Å². The lowest BCUT2D eigenvalue weighted by atomic mass is 9.88. The number of hydrogen-bond acceptors (Lipinski definition) is 3. The van der Waals surface area contributed by atoms with Crippen LogP contribution in [0.1, 0.15) is 41.1 Å². The van der Waals surface area contributed by atoms with Gasteiger partial charge in [0.1, 0.15) is 6.54 Å². The average Bonchev–Trinajstić information content (AvgIpc) is 2.80. The van der Waals surface area contributed by atoms with E-state index in [1.165, 1.54) is 5.56 Å². The molecule has 0 bridgehead atoms. The van der Waals surface area contributed by atoms with Crippen LogP contribution in [0.25, 0.3) is 0 Å². The number of fused-ring (bicyclic) bond motifs is 1. The van der Waals surface area contributed by atoms with Crippen LogP contribution in [0.2, 0.25) is 5.02 Å². The summed E-state index contributed by atoms with van der Waals surface area (Å²) in [5.74, 6) is -0.355. The molecule has 1 atom stereocenters. The molecule has 1 amide bonds. The summed E-state index contributed by atoms with van der Waals surface area (Å²) in [5, 5.41) is 3.47. The molecule has 0 aliphatic heterocycles. The number of halogens is 1. The first-order chi connectivity index (χ1) is 15.8. The van der Waals surface area contributed by atoms with Crippen LogP contribution in [0.15, 0.2) is 71.6 Å². The molecule has 7 heteroatoms. The highest BCUT2D eigenvalue weighted by atomic mass is 35.5. The fourth-order valence-corrected chi connectivity index (χ4v) is 5.91. The lowest BCUT2D eigenvalue weighted by molar-refractivity contribution is -0.120. The number of benzene rings is 3. The molecule has 5 nitrogen and oxygen atoms in total. The van der Waals surface area contributed by atoms with Crippen LogP contribution in [0.5, 0.6) is 0 Å². The monoisotopic (exact) mass is 482 g/mol. The van der Waals surface area contributed by atoms with E-state index in [-0.39, 0.29) is 23.4 Å². The molecular formula is C26H27ClN2O3S. The molecule has 0 saturated carbocycles. The topological polar surface area (TPSA) is 66.5 Å². The number of aryl methyl sites for hydroxylation is 3. The zero-order valence-corrected chi connectivity index (χ0v) is 20.3. The first kappa shape index (κ1) is 23.3. The van der Waals surface area contributed by atoms with E-state index in [0.29, 0.717) is 16.3 Å². The third-order valence-electron chi connectivity index (χ3n) is 6.04. The molecule has 0 aromatic heterocycles. The minimum atomic E-state index is -3.99. The third-order valence-corrected chi connectivity index (χ3v) is 8.05. The second kappa shape index (κ2) is 9.57. The smallest absolute Gasteiger partial charge is 0.264 e. The van der Waals surface area contributed by atoms with E-state index >= 15 is 0 Å². The lowest BCUT2D eigenvalue weighted by Crippen LogP contribution is -2.42. The van der Waals surface area contributed by atoms with Crippen molar-refractivity contribution < 1.29 is 13.2 Å². The summed E-state index contributed by atoms with van der Waals surface area (Å²) < 4.78 is 28.4. The molecule has 1 aliphatic rings. The molecule has 172 valence electrons. The van der Waals surface area contributed by atoms with Crippen LogP contribution >= 0.6 is 11.6 Å². The van der Waals surface area contributed by atoms with Crippen molar-refractivity contribution in [2.45, 2.75) is 44.0 Å². The highest BCUT2D eigenvalue weighted by Crippen LogP contribution is 2.31. The highest BCUT2D eigenvalue weighted by Gasteiger charge is 2.30. The number of sulfonamides is 1. The normalized spacial score (nSPS) is 15.5. The van der Waals surface area contributed by atoms with E-state index in [1.54, 1.807) is 49.4 Å². The van der Waals surface area contributed by atoms with Crippen molar-refractivity contribution in [3.8, 4) is 0 Å². The van der Waals surface area contributed by atoms with E-state index in [1.807, 2.05) is 25.1 Å². The lowest BCUT2D eigenvalue weighted by Gasteiger charge is -2.29. The summed E-state index contributed by atoms with van der Waals surface area (Å²) in [6.07, 6.45) is 2.78. The van der Waals surface area contributed by atoms with Crippen molar-refractivity contribution in [3.63, 3.8) is 0 Å². The van der Waals surface area contributed by atoms with Crippen molar-refractivity contribution >= 4 is 33.2 Å². The maximum Gasteiger partial charge on any atom is 0.264 e. The van der Waals surface area contributed by atoms with Gasteiger partial charge in [0.05, 0.1) is 16.6 Å². The Morgan fingerprint density at radius 2 is 1.79 bits per heavy atom. The van der Waals surface area contributed by atoms with E-state index in [4.69, 9.17) is 11.6 Å². The maximum atomic E-state index is 13.6. The molecule has 0 spiro atoms. The number of nitrogens with zero attached hydrogens (tertiary/aromatic N) is 1. The Bertz CT molecular complexity index is 1270.